The highest BCUT2D eigenvalue weighted by atomic mass is 35.5. The van der Waals surface area contributed by atoms with Crippen molar-refractivity contribution in [2.45, 2.75) is 24.0 Å². The van der Waals surface area contributed by atoms with Crippen molar-refractivity contribution in [3.63, 3.8) is 0 Å². The standard InChI is InChI=1S/C17H17ClF3N3O4S/c1-2-23(29(27,28)13-6-4-12(5-7-13)24(25)26)10-16(22)11-3-8-15(18)14(9-11)17(19,20)21/h3-9,16H,2,10,22H2,1H3/t16-/m0/s1. The molecule has 0 aliphatic rings. The number of nitro benzene ring substituents is 1. The van der Waals surface area contributed by atoms with Crippen molar-refractivity contribution in [2.75, 3.05) is 13.1 Å². The molecular formula is C17H17ClF3N3O4S. The van der Waals surface area contributed by atoms with E-state index in [1.54, 1.807) is 6.92 Å². The summed E-state index contributed by atoms with van der Waals surface area (Å²) in [5.74, 6) is 0. The minimum atomic E-state index is -4.68. The Hall–Kier alpha value is -2.21. The van der Waals surface area contributed by atoms with Gasteiger partial charge in [0.2, 0.25) is 10.0 Å². The molecule has 0 saturated heterocycles. The van der Waals surface area contributed by atoms with Crippen molar-refractivity contribution in [2.24, 2.45) is 5.73 Å². The molecule has 2 rings (SSSR count). The maximum atomic E-state index is 13.0. The van der Waals surface area contributed by atoms with Crippen LogP contribution in [0.2, 0.25) is 5.02 Å². The number of alkyl halides is 3. The number of benzene rings is 2. The number of nitro groups is 1. The third-order valence-corrected chi connectivity index (χ3v) is 6.45. The zero-order valence-electron chi connectivity index (χ0n) is 15.1. The number of halogens is 4. The number of hydrogen-bond donors (Lipinski definition) is 1. The van der Waals surface area contributed by atoms with Crippen LogP contribution in [0.4, 0.5) is 18.9 Å². The Bertz CT molecular complexity index is 998. The van der Waals surface area contributed by atoms with Crippen LogP contribution in [-0.4, -0.2) is 30.7 Å². The summed E-state index contributed by atoms with van der Waals surface area (Å²) >= 11 is 5.59. The van der Waals surface area contributed by atoms with Crippen LogP contribution in [0, 0.1) is 10.1 Å². The molecule has 0 radical (unpaired) electrons. The van der Waals surface area contributed by atoms with Gasteiger partial charge in [0.25, 0.3) is 5.69 Å². The van der Waals surface area contributed by atoms with E-state index in [9.17, 15) is 31.7 Å². The monoisotopic (exact) mass is 451 g/mol. The van der Waals surface area contributed by atoms with E-state index in [4.69, 9.17) is 17.3 Å². The van der Waals surface area contributed by atoms with Crippen molar-refractivity contribution < 1.29 is 26.5 Å². The lowest BCUT2D eigenvalue weighted by Crippen LogP contribution is -2.37. The van der Waals surface area contributed by atoms with Gasteiger partial charge < -0.3 is 5.73 Å². The van der Waals surface area contributed by atoms with Crippen LogP contribution >= 0.6 is 11.6 Å². The van der Waals surface area contributed by atoms with E-state index in [1.165, 1.54) is 6.07 Å². The van der Waals surface area contributed by atoms with Crippen LogP contribution < -0.4 is 5.73 Å². The van der Waals surface area contributed by atoms with Gasteiger partial charge in [0.05, 0.1) is 20.4 Å². The Kier molecular flexibility index (Phi) is 6.89. The average Bonchev–Trinajstić information content (AvgIpc) is 2.65. The largest absolute Gasteiger partial charge is 0.417 e. The fraction of sp³-hybridized carbons (Fsp3) is 0.294. The molecule has 12 heteroatoms. The summed E-state index contributed by atoms with van der Waals surface area (Å²) in [6.07, 6.45) is -4.68. The number of likely N-dealkylation sites (N-methyl/N-ethyl adjacent to an activating group) is 1. The molecule has 0 amide bonds. The zero-order chi connectivity index (χ0) is 22.0. The first-order chi connectivity index (χ1) is 13.4. The lowest BCUT2D eigenvalue weighted by Gasteiger charge is -2.24. The van der Waals surface area contributed by atoms with Crippen LogP contribution in [0.15, 0.2) is 47.4 Å². The second-order valence-electron chi connectivity index (χ2n) is 6.05. The van der Waals surface area contributed by atoms with Gasteiger partial charge in [-0.15, -0.1) is 0 Å². The lowest BCUT2D eigenvalue weighted by atomic mass is 10.0. The fourth-order valence-electron chi connectivity index (χ4n) is 2.60. The summed E-state index contributed by atoms with van der Waals surface area (Å²) < 4.78 is 65.7. The molecule has 2 aromatic rings. The molecule has 0 heterocycles. The van der Waals surface area contributed by atoms with Gasteiger partial charge in [-0.05, 0) is 29.8 Å². The molecule has 29 heavy (non-hydrogen) atoms. The molecule has 1 atom stereocenters. The molecule has 0 aromatic heterocycles. The highest BCUT2D eigenvalue weighted by Gasteiger charge is 2.34. The first kappa shape index (κ1) is 23.1. The van der Waals surface area contributed by atoms with E-state index in [1.807, 2.05) is 0 Å². The third kappa shape index (κ3) is 5.24. The fourth-order valence-corrected chi connectivity index (χ4v) is 4.30. The molecule has 0 aliphatic heterocycles. The molecule has 158 valence electrons. The van der Waals surface area contributed by atoms with Crippen molar-refractivity contribution >= 4 is 27.3 Å². The molecule has 0 bridgehead atoms. The molecular weight excluding hydrogens is 435 g/mol. The van der Waals surface area contributed by atoms with Crippen LogP contribution in [0.1, 0.15) is 24.1 Å². The molecule has 0 aliphatic carbocycles. The number of rotatable bonds is 7. The summed E-state index contributed by atoms with van der Waals surface area (Å²) in [4.78, 5) is 9.86. The van der Waals surface area contributed by atoms with Crippen LogP contribution in [0.5, 0.6) is 0 Å². The highest BCUT2D eigenvalue weighted by Crippen LogP contribution is 2.36. The Labute approximate surface area is 170 Å². The smallest absolute Gasteiger partial charge is 0.323 e. The molecule has 0 spiro atoms. The first-order valence-corrected chi connectivity index (χ1v) is 10.1. The lowest BCUT2D eigenvalue weighted by molar-refractivity contribution is -0.384. The van der Waals surface area contributed by atoms with E-state index in [0.29, 0.717) is 0 Å². The van der Waals surface area contributed by atoms with Crippen molar-refractivity contribution in [1.82, 2.24) is 4.31 Å². The summed E-state index contributed by atoms with van der Waals surface area (Å²) in [5, 5.41) is 10.2. The van der Waals surface area contributed by atoms with E-state index >= 15 is 0 Å². The molecule has 0 saturated carbocycles. The van der Waals surface area contributed by atoms with Gasteiger partial charge in [-0.25, -0.2) is 8.42 Å². The minimum absolute atomic E-state index is 0.00720. The van der Waals surface area contributed by atoms with Crippen LogP contribution in [-0.2, 0) is 16.2 Å². The number of non-ortho nitro benzene ring substituents is 1. The molecule has 0 unspecified atom stereocenters. The van der Waals surface area contributed by atoms with E-state index < -0.39 is 37.8 Å². The van der Waals surface area contributed by atoms with Crippen molar-refractivity contribution in [1.29, 1.82) is 0 Å². The maximum absolute atomic E-state index is 13.0. The quantitative estimate of drug-likeness (QED) is 0.506. The van der Waals surface area contributed by atoms with Gasteiger partial charge in [-0.3, -0.25) is 10.1 Å². The van der Waals surface area contributed by atoms with Gasteiger partial charge in [0.1, 0.15) is 0 Å². The maximum Gasteiger partial charge on any atom is 0.417 e. The molecule has 2 aromatic carbocycles. The second kappa shape index (κ2) is 8.66. The van der Waals surface area contributed by atoms with Gasteiger partial charge in [0, 0.05) is 31.3 Å². The van der Waals surface area contributed by atoms with Crippen LogP contribution in [0.25, 0.3) is 0 Å². The summed E-state index contributed by atoms with van der Waals surface area (Å²) in [6.45, 7) is 1.24. The van der Waals surface area contributed by atoms with Crippen molar-refractivity contribution in [3.8, 4) is 0 Å². The number of nitrogens with zero attached hydrogens (tertiary/aromatic N) is 2. The first-order valence-electron chi connectivity index (χ1n) is 8.24. The molecule has 7 nitrogen and oxygen atoms in total. The van der Waals surface area contributed by atoms with Gasteiger partial charge >= 0.3 is 6.18 Å². The van der Waals surface area contributed by atoms with E-state index in [-0.39, 0.29) is 29.2 Å². The van der Waals surface area contributed by atoms with Gasteiger partial charge in [-0.1, -0.05) is 24.6 Å². The SMILES string of the molecule is CCN(C[C@H](N)c1ccc(Cl)c(C(F)(F)F)c1)S(=O)(=O)c1ccc([N+](=O)[O-])cc1. The topological polar surface area (TPSA) is 107 Å². The number of nitrogens with two attached hydrogens (primary N) is 1. The van der Waals surface area contributed by atoms with E-state index in [0.717, 1.165) is 40.7 Å². The number of hydrogen-bond acceptors (Lipinski definition) is 5. The Balaban J connectivity index is 2.29. The normalized spacial score (nSPS) is 13.5. The number of sulfonamides is 1. The van der Waals surface area contributed by atoms with Crippen molar-refractivity contribution in [3.05, 3.63) is 68.7 Å². The molecule has 2 N–H and O–H groups in total. The Morgan fingerprint density at radius 3 is 2.28 bits per heavy atom. The minimum Gasteiger partial charge on any atom is -0.323 e. The highest BCUT2D eigenvalue weighted by molar-refractivity contribution is 7.89. The predicted molar refractivity (Wildman–Crippen MR) is 101 cm³/mol. The van der Waals surface area contributed by atoms with E-state index in [2.05, 4.69) is 0 Å². The molecule has 0 fully saturated rings. The predicted octanol–water partition coefficient (Wildman–Crippen LogP) is 3.98. The summed E-state index contributed by atoms with van der Waals surface area (Å²) in [7, 11) is -4.06. The average molecular weight is 452 g/mol. The van der Waals surface area contributed by atoms with Gasteiger partial charge in [0.15, 0.2) is 0 Å². The van der Waals surface area contributed by atoms with Gasteiger partial charge in [-0.2, -0.15) is 17.5 Å². The summed E-state index contributed by atoms with van der Waals surface area (Å²) in [5.41, 5.74) is 4.70. The second-order valence-corrected chi connectivity index (χ2v) is 8.40. The summed E-state index contributed by atoms with van der Waals surface area (Å²) in [6, 6.07) is 6.37. The third-order valence-electron chi connectivity index (χ3n) is 4.16. The zero-order valence-corrected chi connectivity index (χ0v) is 16.6. The Morgan fingerprint density at radius 2 is 1.79 bits per heavy atom. The Morgan fingerprint density at radius 1 is 1.21 bits per heavy atom. The van der Waals surface area contributed by atoms with Crippen LogP contribution in [0.3, 0.4) is 0 Å².